The van der Waals surface area contributed by atoms with Gasteiger partial charge in [-0.25, -0.2) is 0 Å². The Morgan fingerprint density at radius 2 is 2.19 bits per heavy atom. The van der Waals surface area contributed by atoms with Crippen LogP contribution in [0.15, 0.2) is 0 Å². The van der Waals surface area contributed by atoms with Crippen LogP contribution in [0, 0.1) is 0 Å². The third kappa shape index (κ3) is 5.92. The van der Waals surface area contributed by atoms with Gasteiger partial charge in [-0.3, -0.25) is 4.79 Å². The molecule has 1 rings (SSSR count). The van der Waals surface area contributed by atoms with E-state index in [-0.39, 0.29) is 12.6 Å². The predicted octanol–water partition coefficient (Wildman–Crippen LogP) is 0.433. The zero-order valence-electron chi connectivity index (χ0n) is 8.77. The van der Waals surface area contributed by atoms with Crippen LogP contribution in [0.4, 0.5) is 13.2 Å². The molecule has 0 aromatic carbocycles. The van der Waals surface area contributed by atoms with Gasteiger partial charge in [-0.2, -0.15) is 13.2 Å². The van der Waals surface area contributed by atoms with Crippen molar-refractivity contribution in [3.05, 3.63) is 0 Å². The van der Waals surface area contributed by atoms with Gasteiger partial charge in [0.25, 0.3) is 0 Å². The first-order valence-corrected chi connectivity index (χ1v) is 5.12. The third-order valence-electron chi connectivity index (χ3n) is 2.14. The Morgan fingerprint density at radius 3 is 2.75 bits per heavy atom. The number of nitrogens with one attached hydrogen (secondary N) is 2. The average Bonchev–Trinajstić information content (AvgIpc) is 2.17. The molecule has 2 N–H and O–H groups in total. The number of alkyl halides is 3. The fraction of sp³-hybridized carbons (Fsp3) is 0.889. The number of amides is 1. The quantitative estimate of drug-likeness (QED) is 0.749. The molecule has 1 saturated heterocycles. The molecule has 7 heteroatoms. The lowest BCUT2D eigenvalue weighted by Crippen LogP contribution is -2.45. The second-order valence-corrected chi connectivity index (χ2v) is 3.70. The van der Waals surface area contributed by atoms with Crippen molar-refractivity contribution in [2.24, 2.45) is 0 Å². The lowest BCUT2D eigenvalue weighted by Gasteiger charge is -2.23. The van der Waals surface area contributed by atoms with Crippen molar-refractivity contribution in [3.8, 4) is 0 Å². The van der Waals surface area contributed by atoms with E-state index in [4.69, 9.17) is 4.74 Å². The Labute approximate surface area is 91.5 Å². The van der Waals surface area contributed by atoms with Crippen molar-refractivity contribution in [2.75, 3.05) is 26.3 Å². The van der Waals surface area contributed by atoms with Crippen LogP contribution < -0.4 is 10.6 Å². The maximum atomic E-state index is 11.8. The summed E-state index contributed by atoms with van der Waals surface area (Å²) in [5.41, 5.74) is 0. The van der Waals surface area contributed by atoms with E-state index in [0.717, 1.165) is 12.8 Å². The summed E-state index contributed by atoms with van der Waals surface area (Å²) in [4.78, 5) is 11.2. The molecule has 16 heavy (non-hydrogen) atoms. The molecule has 0 spiro atoms. The summed E-state index contributed by atoms with van der Waals surface area (Å²) >= 11 is 0. The second-order valence-electron chi connectivity index (χ2n) is 3.70. The number of rotatable bonds is 4. The molecule has 0 aliphatic carbocycles. The molecule has 1 aliphatic rings. The van der Waals surface area contributed by atoms with E-state index in [1.807, 2.05) is 5.32 Å². The maximum Gasteiger partial charge on any atom is 0.401 e. The lowest BCUT2D eigenvalue weighted by molar-refractivity contribution is -0.129. The van der Waals surface area contributed by atoms with Gasteiger partial charge in [-0.15, -0.1) is 0 Å². The van der Waals surface area contributed by atoms with Crippen LogP contribution in [0.3, 0.4) is 0 Å². The molecule has 0 aromatic heterocycles. The van der Waals surface area contributed by atoms with E-state index in [0.29, 0.717) is 13.2 Å². The molecule has 1 fully saturated rings. The largest absolute Gasteiger partial charge is 0.401 e. The van der Waals surface area contributed by atoms with Crippen molar-refractivity contribution in [3.63, 3.8) is 0 Å². The molecule has 0 aromatic rings. The van der Waals surface area contributed by atoms with Crippen LogP contribution in [0.2, 0.25) is 0 Å². The highest BCUT2D eigenvalue weighted by atomic mass is 19.4. The van der Waals surface area contributed by atoms with Gasteiger partial charge in [-0.1, -0.05) is 0 Å². The van der Waals surface area contributed by atoms with Crippen LogP contribution in [0.5, 0.6) is 0 Å². The molecule has 1 atom stereocenters. The first kappa shape index (κ1) is 13.2. The standard InChI is InChI=1S/C9H15F3N2O2/c10-9(11,12)6-13-4-8(15)14-7-2-1-3-16-5-7/h7,13H,1-6H2,(H,14,15). The fourth-order valence-electron chi connectivity index (χ4n) is 1.45. The van der Waals surface area contributed by atoms with E-state index >= 15 is 0 Å². The minimum absolute atomic E-state index is 0.0751. The fourth-order valence-corrected chi connectivity index (χ4v) is 1.45. The van der Waals surface area contributed by atoms with Crippen molar-refractivity contribution in [1.82, 2.24) is 10.6 Å². The van der Waals surface area contributed by atoms with E-state index in [1.165, 1.54) is 0 Å². The summed E-state index contributed by atoms with van der Waals surface area (Å²) in [6.45, 7) is -0.360. The molecule has 0 saturated carbocycles. The summed E-state index contributed by atoms with van der Waals surface area (Å²) < 4.78 is 40.4. The maximum absolute atomic E-state index is 11.8. The molecule has 1 heterocycles. The SMILES string of the molecule is O=C(CNCC(F)(F)F)NC1CCCOC1. The first-order chi connectivity index (χ1) is 7.47. The minimum atomic E-state index is -4.28. The average molecular weight is 240 g/mol. The van der Waals surface area contributed by atoms with Gasteiger partial charge < -0.3 is 15.4 Å². The number of hydrogen-bond donors (Lipinski definition) is 2. The first-order valence-electron chi connectivity index (χ1n) is 5.12. The van der Waals surface area contributed by atoms with Gasteiger partial charge in [0.1, 0.15) is 0 Å². The smallest absolute Gasteiger partial charge is 0.379 e. The molecule has 1 aliphatic heterocycles. The highest BCUT2D eigenvalue weighted by molar-refractivity contribution is 5.78. The highest BCUT2D eigenvalue weighted by Crippen LogP contribution is 2.11. The monoisotopic (exact) mass is 240 g/mol. The molecule has 94 valence electrons. The molecule has 0 radical (unpaired) electrons. The Kier molecular flexibility index (Phi) is 5.01. The van der Waals surface area contributed by atoms with Gasteiger partial charge in [0.2, 0.25) is 5.91 Å². The number of hydrogen-bond acceptors (Lipinski definition) is 3. The number of halogens is 3. The van der Waals surface area contributed by atoms with E-state index < -0.39 is 18.6 Å². The second kappa shape index (κ2) is 6.05. The van der Waals surface area contributed by atoms with E-state index in [2.05, 4.69) is 5.32 Å². The summed E-state index contributed by atoms with van der Waals surface area (Å²) in [5.74, 6) is -0.431. The molecule has 4 nitrogen and oxygen atoms in total. The molecular formula is C9H15F3N2O2. The summed E-state index contributed by atoms with van der Waals surface area (Å²) in [7, 11) is 0. The van der Waals surface area contributed by atoms with Crippen molar-refractivity contribution in [1.29, 1.82) is 0 Å². The molecule has 1 amide bonds. The zero-order valence-corrected chi connectivity index (χ0v) is 8.77. The zero-order chi connectivity index (χ0) is 12.0. The van der Waals surface area contributed by atoms with Crippen LogP contribution in [-0.4, -0.2) is 44.4 Å². The van der Waals surface area contributed by atoms with Gasteiger partial charge >= 0.3 is 6.18 Å². The summed E-state index contributed by atoms with van der Waals surface area (Å²) in [6.07, 6.45) is -2.61. The van der Waals surface area contributed by atoms with Crippen molar-refractivity contribution < 1.29 is 22.7 Å². The van der Waals surface area contributed by atoms with Gasteiger partial charge in [0, 0.05) is 6.61 Å². The number of carbonyl (C=O) groups is 1. The Hall–Kier alpha value is -0.820. The summed E-state index contributed by atoms with van der Waals surface area (Å²) in [6, 6.07) is -0.0751. The van der Waals surface area contributed by atoms with Gasteiger partial charge in [0.15, 0.2) is 0 Å². The third-order valence-corrected chi connectivity index (χ3v) is 2.14. The highest BCUT2D eigenvalue weighted by Gasteiger charge is 2.26. The minimum Gasteiger partial charge on any atom is -0.379 e. The molecule has 1 unspecified atom stereocenters. The Morgan fingerprint density at radius 1 is 1.44 bits per heavy atom. The topological polar surface area (TPSA) is 50.4 Å². The lowest BCUT2D eigenvalue weighted by atomic mass is 10.1. The Balaban J connectivity index is 2.10. The van der Waals surface area contributed by atoms with Crippen LogP contribution >= 0.6 is 0 Å². The molecule has 0 bridgehead atoms. The van der Waals surface area contributed by atoms with Crippen molar-refractivity contribution >= 4 is 5.91 Å². The molecular weight excluding hydrogens is 225 g/mol. The predicted molar refractivity (Wildman–Crippen MR) is 50.9 cm³/mol. The Bertz CT molecular complexity index is 227. The van der Waals surface area contributed by atoms with E-state index in [9.17, 15) is 18.0 Å². The van der Waals surface area contributed by atoms with Crippen molar-refractivity contribution in [2.45, 2.75) is 25.1 Å². The van der Waals surface area contributed by atoms with Gasteiger partial charge in [-0.05, 0) is 12.8 Å². The van der Waals surface area contributed by atoms with Gasteiger partial charge in [0.05, 0.1) is 25.7 Å². The number of carbonyl (C=O) groups excluding carboxylic acids is 1. The van der Waals surface area contributed by atoms with E-state index in [1.54, 1.807) is 0 Å². The van der Waals surface area contributed by atoms with Crippen LogP contribution in [0.25, 0.3) is 0 Å². The summed E-state index contributed by atoms with van der Waals surface area (Å²) in [5, 5.41) is 4.65. The normalized spacial score (nSPS) is 21.8. The van der Waals surface area contributed by atoms with Crippen LogP contribution in [-0.2, 0) is 9.53 Å². The number of ether oxygens (including phenoxy) is 1. The van der Waals surface area contributed by atoms with Crippen LogP contribution in [0.1, 0.15) is 12.8 Å².